The number of carbonyl (C=O) groups is 1. The molecule has 0 spiro atoms. The SMILES string of the molecule is Cc1ccccc1C(C#N)CC(=O)NC1CC1. The van der Waals surface area contributed by atoms with Gasteiger partial charge in [-0.25, -0.2) is 0 Å². The zero-order valence-electron chi connectivity index (χ0n) is 9.94. The van der Waals surface area contributed by atoms with E-state index in [1.54, 1.807) is 0 Å². The summed E-state index contributed by atoms with van der Waals surface area (Å²) in [5.41, 5.74) is 2.03. The molecule has 2 rings (SSSR count). The van der Waals surface area contributed by atoms with Crippen molar-refractivity contribution in [2.45, 2.75) is 38.1 Å². The number of amides is 1. The summed E-state index contributed by atoms with van der Waals surface area (Å²) < 4.78 is 0. The van der Waals surface area contributed by atoms with E-state index in [4.69, 9.17) is 0 Å². The van der Waals surface area contributed by atoms with Crippen molar-refractivity contribution in [1.82, 2.24) is 5.32 Å². The lowest BCUT2D eigenvalue weighted by molar-refractivity contribution is -0.121. The Morgan fingerprint density at radius 3 is 2.82 bits per heavy atom. The van der Waals surface area contributed by atoms with Gasteiger partial charge < -0.3 is 5.32 Å². The van der Waals surface area contributed by atoms with Crippen LogP contribution >= 0.6 is 0 Å². The number of benzene rings is 1. The molecule has 1 N–H and O–H groups in total. The third-order valence-electron chi connectivity index (χ3n) is 3.05. The summed E-state index contributed by atoms with van der Waals surface area (Å²) in [7, 11) is 0. The molecule has 0 aliphatic heterocycles. The molecule has 0 saturated heterocycles. The van der Waals surface area contributed by atoms with Gasteiger partial charge in [-0.15, -0.1) is 0 Å². The van der Waals surface area contributed by atoms with Crippen molar-refractivity contribution in [1.29, 1.82) is 5.26 Å². The Morgan fingerprint density at radius 2 is 2.24 bits per heavy atom. The number of nitriles is 1. The van der Waals surface area contributed by atoms with Crippen LogP contribution in [0.4, 0.5) is 0 Å². The highest BCUT2D eigenvalue weighted by atomic mass is 16.1. The van der Waals surface area contributed by atoms with Crippen LogP contribution in [0.5, 0.6) is 0 Å². The second-order valence-electron chi connectivity index (χ2n) is 4.58. The normalized spacial score (nSPS) is 16.0. The number of nitrogens with zero attached hydrogens (tertiary/aromatic N) is 1. The van der Waals surface area contributed by atoms with E-state index in [0.717, 1.165) is 24.0 Å². The number of hydrogen-bond acceptors (Lipinski definition) is 2. The summed E-state index contributed by atoms with van der Waals surface area (Å²) in [5.74, 6) is -0.350. The van der Waals surface area contributed by atoms with Gasteiger partial charge in [0, 0.05) is 12.5 Å². The Kier molecular flexibility index (Phi) is 3.43. The van der Waals surface area contributed by atoms with Crippen LogP contribution in [0.2, 0.25) is 0 Å². The van der Waals surface area contributed by atoms with E-state index < -0.39 is 0 Å². The minimum Gasteiger partial charge on any atom is -0.353 e. The van der Waals surface area contributed by atoms with Crippen LogP contribution < -0.4 is 5.32 Å². The highest BCUT2D eigenvalue weighted by Gasteiger charge is 2.25. The van der Waals surface area contributed by atoms with Crippen LogP contribution in [-0.2, 0) is 4.79 Å². The topological polar surface area (TPSA) is 52.9 Å². The molecule has 17 heavy (non-hydrogen) atoms. The Hall–Kier alpha value is -1.82. The number of hydrogen-bond donors (Lipinski definition) is 1. The van der Waals surface area contributed by atoms with Crippen molar-refractivity contribution >= 4 is 5.91 Å². The summed E-state index contributed by atoms with van der Waals surface area (Å²) in [5, 5.41) is 12.1. The van der Waals surface area contributed by atoms with Crippen molar-refractivity contribution in [3.8, 4) is 6.07 Å². The zero-order chi connectivity index (χ0) is 12.3. The van der Waals surface area contributed by atoms with Gasteiger partial charge in [0.1, 0.15) is 0 Å². The maximum Gasteiger partial charge on any atom is 0.221 e. The van der Waals surface area contributed by atoms with Gasteiger partial charge in [-0.3, -0.25) is 4.79 Å². The maximum atomic E-state index is 11.7. The van der Waals surface area contributed by atoms with Gasteiger partial charge in [0.2, 0.25) is 5.91 Å². The molecule has 1 aromatic rings. The van der Waals surface area contributed by atoms with Crippen molar-refractivity contribution in [2.75, 3.05) is 0 Å². The molecular formula is C14H16N2O. The monoisotopic (exact) mass is 228 g/mol. The minimum atomic E-state index is -0.338. The fourth-order valence-corrected chi connectivity index (χ4v) is 1.90. The van der Waals surface area contributed by atoms with Gasteiger partial charge in [0.25, 0.3) is 0 Å². The summed E-state index contributed by atoms with van der Waals surface area (Å²) in [6.07, 6.45) is 2.42. The molecule has 0 heterocycles. The molecule has 1 fully saturated rings. The van der Waals surface area contributed by atoms with Crippen LogP contribution in [0.1, 0.15) is 36.3 Å². The first-order valence-corrected chi connectivity index (χ1v) is 5.95. The van der Waals surface area contributed by atoms with Gasteiger partial charge in [-0.1, -0.05) is 24.3 Å². The van der Waals surface area contributed by atoms with Crippen LogP contribution in [0.25, 0.3) is 0 Å². The Morgan fingerprint density at radius 1 is 1.53 bits per heavy atom. The van der Waals surface area contributed by atoms with Gasteiger partial charge in [0.05, 0.1) is 12.0 Å². The lowest BCUT2D eigenvalue weighted by Crippen LogP contribution is -2.26. The van der Waals surface area contributed by atoms with E-state index in [1.165, 1.54) is 0 Å². The molecule has 0 radical (unpaired) electrons. The average Bonchev–Trinajstić information content (AvgIpc) is 3.11. The highest BCUT2D eigenvalue weighted by Crippen LogP contribution is 2.24. The lowest BCUT2D eigenvalue weighted by Gasteiger charge is -2.12. The van der Waals surface area contributed by atoms with Gasteiger partial charge in [-0.2, -0.15) is 5.26 Å². The summed E-state index contributed by atoms with van der Waals surface area (Å²) in [6, 6.07) is 10.3. The smallest absolute Gasteiger partial charge is 0.221 e. The predicted octanol–water partition coefficient (Wildman–Crippen LogP) is 2.27. The molecule has 0 aromatic heterocycles. The second kappa shape index (κ2) is 5.01. The quantitative estimate of drug-likeness (QED) is 0.859. The molecule has 0 bridgehead atoms. The van der Waals surface area contributed by atoms with Crippen LogP contribution in [0.15, 0.2) is 24.3 Å². The molecule has 88 valence electrons. The summed E-state index contributed by atoms with van der Waals surface area (Å²) in [4.78, 5) is 11.7. The average molecular weight is 228 g/mol. The summed E-state index contributed by atoms with van der Waals surface area (Å²) in [6.45, 7) is 1.97. The Labute approximate surface area is 101 Å². The molecule has 1 aliphatic carbocycles. The summed E-state index contributed by atoms with van der Waals surface area (Å²) >= 11 is 0. The minimum absolute atomic E-state index is 0.0118. The lowest BCUT2D eigenvalue weighted by atomic mass is 9.93. The fraction of sp³-hybridized carbons (Fsp3) is 0.429. The van der Waals surface area contributed by atoms with Crippen molar-refractivity contribution < 1.29 is 4.79 Å². The number of rotatable bonds is 4. The zero-order valence-corrected chi connectivity index (χ0v) is 9.94. The van der Waals surface area contributed by atoms with Gasteiger partial charge in [0.15, 0.2) is 0 Å². The first kappa shape index (κ1) is 11.7. The molecule has 1 aliphatic rings. The van der Waals surface area contributed by atoms with Gasteiger partial charge in [-0.05, 0) is 30.9 Å². The molecule has 3 nitrogen and oxygen atoms in total. The molecule has 1 atom stereocenters. The fourth-order valence-electron chi connectivity index (χ4n) is 1.90. The van der Waals surface area contributed by atoms with E-state index in [-0.39, 0.29) is 18.2 Å². The molecule has 1 amide bonds. The predicted molar refractivity (Wildman–Crippen MR) is 65.3 cm³/mol. The van der Waals surface area contributed by atoms with Gasteiger partial charge >= 0.3 is 0 Å². The Bertz CT molecular complexity index is 458. The highest BCUT2D eigenvalue weighted by molar-refractivity contribution is 5.78. The van der Waals surface area contributed by atoms with Crippen LogP contribution in [0.3, 0.4) is 0 Å². The van der Waals surface area contributed by atoms with E-state index in [2.05, 4.69) is 11.4 Å². The first-order chi connectivity index (χ1) is 8.20. The number of nitrogens with one attached hydrogen (secondary N) is 1. The van der Waals surface area contributed by atoms with Crippen LogP contribution in [-0.4, -0.2) is 11.9 Å². The van der Waals surface area contributed by atoms with E-state index in [9.17, 15) is 10.1 Å². The third kappa shape index (κ3) is 3.07. The van der Waals surface area contributed by atoms with E-state index in [0.29, 0.717) is 6.04 Å². The third-order valence-corrected chi connectivity index (χ3v) is 3.05. The van der Waals surface area contributed by atoms with Crippen molar-refractivity contribution in [3.05, 3.63) is 35.4 Å². The second-order valence-corrected chi connectivity index (χ2v) is 4.58. The molecule has 1 saturated carbocycles. The van der Waals surface area contributed by atoms with E-state index in [1.807, 2.05) is 31.2 Å². The number of aryl methyl sites for hydroxylation is 1. The number of carbonyl (C=O) groups excluding carboxylic acids is 1. The van der Waals surface area contributed by atoms with Crippen molar-refractivity contribution in [2.24, 2.45) is 0 Å². The Balaban J connectivity index is 2.03. The van der Waals surface area contributed by atoms with E-state index >= 15 is 0 Å². The molecular weight excluding hydrogens is 212 g/mol. The largest absolute Gasteiger partial charge is 0.353 e. The molecule has 1 unspecified atom stereocenters. The molecule has 3 heteroatoms. The first-order valence-electron chi connectivity index (χ1n) is 5.95. The maximum absolute atomic E-state index is 11.7. The van der Waals surface area contributed by atoms with Crippen LogP contribution in [0, 0.1) is 18.3 Å². The van der Waals surface area contributed by atoms with Crippen molar-refractivity contribution in [3.63, 3.8) is 0 Å². The molecule has 1 aromatic carbocycles. The standard InChI is InChI=1S/C14H16N2O/c1-10-4-2-3-5-13(10)11(9-15)8-14(17)16-12-6-7-12/h2-5,11-12H,6-8H2,1H3,(H,16,17).